The summed E-state index contributed by atoms with van der Waals surface area (Å²) in [5.41, 5.74) is 0.340. The van der Waals surface area contributed by atoms with Crippen LogP contribution in [0.15, 0.2) is 18.2 Å². The summed E-state index contributed by atoms with van der Waals surface area (Å²) in [6.45, 7) is 5.01. The normalized spacial score (nSPS) is 24.4. The van der Waals surface area contributed by atoms with Gasteiger partial charge in [0, 0.05) is 24.7 Å². The van der Waals surface area contributed by atoms with E-state index in [1.807, 2.05) is 0 Å². The van der Waals surface area contributed by atoms with Crippen LogP contribution in [0.2, 0.25) is 0 Å². The highest BCUT2D eigenvalue weighted by atomic mass is 19.1. The second kappa shape index (κ2) is 5.65. The van der Waals surface area contributed by atoms with Gasteiger partial charge in [-0.3, -0.25) is 15.0 Å². The van der Waals surface area contributed by atoms with Gasteiger partial charge in [-0.15, -0.1) is 0 Å². The van der Waals surface area contributed by atoms with Crippen molar-refractivity contribution in [2.24, 2.45) is 0 Å². The van der Waals surface area contributed by atoms with E-state index in [1.165, 1.54) is 18.6 Å². The van der Waals surface area contributed by atoms with Gasteiger partial charge in [-0.05, 0) is 38.3 Å². The number of likely N-dealkylation sites (tertiary alicyclic amines) is 1. The number of nitro groups is 1. The lowest BCUT2D eigenvalue weighted by atomic mass is 9.96. The fourth-order valence-electron chi connectivity index (χ4n) is 2.79. The number of piperidine rings is 1. The van der Waals surface area contributed by atoms with E-state index >= 15 is 0 Å². The summed E-state index contributed by atoms with van der Waals surface area (Å²) < 4.78 is 13.6. The lowest BCUT2D eigenvalue weighted by Gasteiger charge is -2.39. The molecule has 0 amide bonds. The van der Waals surface area contributed by atoms with E-state index in [0.717, 1.165) is 18.4 Å². The number of hydrogen-bond acceptors (Lipinski definition) is 3. The molecule has 0 bridgehead atoms. The second-order valence-corrected chi connectivity index (χ2v) is 5.34. The number of nitro benzene ring substituents is 1. The van der Waals surface area contributed by atoms with E-state index in [-0.39, 0.29) is 0 Å². The smallest absolute Gasteiger partial charge is 0.294 e. The Labute approximate surface area is 112 Å². The third-order valence-corrected chi connectivity index (χ3v) is 3.95. The molecule has 1 heterocycles. The van der Waals surface area contributed by atoms with Gasteiger partial charge in [0.25, 0.3) is 0 Å². The van der Waals surface area contributed by atoms with Gasteiger partial charge in [0.05, 0.1) is 4.92 Å². The second-order valence-electron chi connectivity index (χ2n) is 5.34. The number of benzene rings is 1. The average Bonchev–Trinajstić information content (AvgIpc) is 2.33. The van der Waals surface area contributed by atoms with Crippen molar-refractivity contribution in [3.63, 3.8) is 0 Å². The van der Waals surface area contributed by atoms with Crippen LogP contribution in [0.1, 0.15) is 38.7 Å². The standard InChI is InChI=1S/C14H19FN2O2/c1-10-4-3-5-11(2)16(10)9-12-6-7-14(17(18)19)13(15)8-12/h6-8,10-11H,3-5,9H2,1-2H3/t10-,11+. The zero-order chi connectivity index (χ0) is 14.0. The monoisotopic (exact) mass is 266 g/mol. The van der Waals surface area contributed by atoms with Crippen LogP contribution in [0.4, 0.5) is 10.1 Å². The van der Waals surface area contributed by atoms with Crippen molar-refractivity contribution in [2.75, 3.05) is 0 Å². The van der Waals surface area contributed by atoms with Crippen LogP contribution in [-0.4, -0.2) is 21.9 Å². The van der Waals surface area contributed by atoms with Gasteiger partial charge in [0.1, 0.15) is 0 Å². The molecule has 0 aromatic heterocycles. The molecule has 0 radical (unpaired) electrons. The molecule has 0 saturated carbocycles. The van der Waals surface area contributed by atoms with Gasteiger partial charge in [-0.2, -0.15) is 4.39 Å². The molecule has 0 aliphatic carbocycles. The Morgan fingerprint density at radius 2 is 2.00 bits per heavy atom. The molecule has 0 unspecified atom stereocenters. The Morgan fingerprint density at radius 3 is 2.53 bits per heavy atom. The molecular formula is C14H19FN2O2. The summed E-state index contributed by atoms with van der Waals surface area (Å²) in [5, 5.41) is 10.6. The average molecular weight is 266 g/mol. The molecule has 1 aliphatic heterocycles. The number of halogens is 1. The van der Waals surface area contributed by atoms with Crippen molar-refractivity contribution in [1.29, 1.82) is 0 Å². The molecule has 2 rings (SSSR count). The molecule has 4 nitrogen and oxygen atoms in total. The first-order valence-electron chi connectivity index (χ1n) is 6.67. The van der Waals surface area contributed by atoms with Gasteiger partial charge in [-0.1, -0.05) is 12.5 Å². The maximum absolute atomic E-state index is 13.6. The molecule has 2 atom stereocenters. The van der Waals surface area contributed by atoms with E-state index < -0.39 is 16.4 Å². The molecule has 0 N–H and O–H groups in total. The van der Waals surface area contributed by atoms with Crippen molar-refractivity contribution in [3.8, 4) is 0 Å². The van der Waals surface area contributed by atoms with Crippen molar-refractivity contribution in [3.05, 3.63) is 39.7 Å². The van der Waals surface area contributed by atoms with Crippen LogP contribution in [-0.2, 0) is 6.54 Å². The lowest BCUT2D eigenvalue weighted by molar-refractivity contribution is -0.387. The van der Waals surface area contributed by atoms with Crippen LogP contribution in [0.5, 0.6) is 0 Å². The van der Waals surface area contributed by atoms with Crippen LogP contribution < -0.4 is 0 Å². The molecule has 0 spiro atoms. The van der Waals surface area contributed by atoms with E-state index in [1.54, 1.807) is 6.07 Å². The maximum Gasteiger partial charge on any atom is 0.304 e. The molecule has 1 saturated heterocycles. The molecule has 104 valence electrons. The molecular weight excluding hydrogens is 247 g/mol. The summed E-state index contributed by atoms with van der Waals surface area (Å²) in [7, 11) is 0. The number of rotatable bonds is 3. The molecule has 1 fully saturated rings. The van der Waals surface area contributed by atoms with E-state index in [2.05, 4.69) is 18.7 Å². The van der Waals surface area contributed by atoms with Gasteiger partial charge in [0.15, 0.2) is 0 Å². The van der Waals surface area contributed by atoms with Crippen molar-refractivity contribution >= 4 is 5.69 Å². The van der Waals surface area contributed by atoms with Crippen LogP contribution in [0.25, 0.3) is 0 Å². The first kappa shape index (κ1) is 13.9. The van der Waals surface area contributed by atoms with Crippen molar-refractivity contribution in [2.45, 2.75) is 51.7 Å². The zero-order valence-corrected chi connectivity index (χ0v) is 11.3. The Bertz CT molecular complexity index is 469. The minimum absolute atomic E-state index is 0.455. The summed E-state index contributed by atoms with van der Waals surface area (Å²) in [5.74, 6) is -0.750. The Balaban J connectivity index is 2.14. The van der Waals surface area contributed by atoms with Gasteiger partial charge < -0.3 is 0 Å². The van der Waals surface area contributed by atoms with E-state index in [0.29, 0.717) is 18.6 Å². The van der Waals surface area contributed by atoms with E-state index in [9.17, 15) is 14.5 Å². The van der Waals surface area contributed by atoms with Gasteiger partial charge in [-0.25, -0.2) is 0 Å². The highest BCUT2D eigenvalue weighted by Crippen LogP contribution is 2.26. The van der Waals surface area contributed by atoms with E-state index in [4.69, 9.17) is 0 Å². The quantitative estimate of drug-likeness (QED) is 0.621. The summed E-state index contributed by atoms with van der Waals surface area (Å²) in [6.07, 6.45) is 3.53. The SMILES string of the molecule is C[C@@H]1CCC[C@H](C)N1Cc1ccc([N+](=O)[O-])c(F)c1. The first-order chi connectivity index (χ1) is 8.99. The Hall–Kier alpha value is -1.49. The lowest BCUT2D eigenvalue weighted by Crippen LogP contribution is -2.42. The van der Waals surface area contributed by atoms with Crippen LogP contribution in [0, 0.1) is 15.9 Å². The Morgan fingerprint density at radius 1 is 1.37 bits per heavy atom. The largest absolute Gasteiger partial charge is 0.304 e. The topological polar surface area (TPSA) is 46.4 Å². The van der Waals surface area contributed by atoms with Gasteiger partial charge >= 0.3 is 5.69 Å². The third kappa shape index (κ3) is 3.10. The Kier molecular flexibility index (Phi) is 4.14. The molecule has 1 aromatic carbocycles. The maximum atomic E-state index is 13.6. The summed E-state index contributed by atoms with van der Waals surface area (Å²) in [6, 6.07) is 5.13. The number of hydrogen-bond donors (Lipinski definition) is 0. The molecule has 19 heavy (non-hydrogen) atoms. The van der Waals surface area contributed by atoms with Gasteiger partial charge in [0.2, 0.25) is 5.82 Å². The highest BCUT2D eigenvalue weighted by Gasteiger charge is 2.25. The zero-order valence-electron chi connectivity index (χ0n) is 11.3. The fraction of sp³-hybridized carbons (Fsp3) is 0.571. The van der Waals surface area contributed by atoms with Crippen LogP contribution >= 0.6 is 0 Å². The summed E-state index contributed by atoms with van der Waals surface area (Å²) >= 11 is 0. The highest BCUT2D eigenvalue weighted by molar-refractivity contribution is 5.35. The molecule has 5 heteroatoms. The fourth-order valence-corrected chi connectivity index (χ4v) is 2.79. The van der Waals surface area contributed by atoms with Crippen molar-refractivity contribution in [1.82, 2.24) is 4.90 Å². The van der Waals surface area contributed by atoms with Crippen LogP contribution in [0.3, 0.4) is 0 Å². The predicted octanol–water partition coefficient (Wildman–Crippen LogP) is 3.50. The minimum atomic E-state index is -0.750. The van der Waals surface area contributed by atoms with Crippen molar-refractivity contribution < 1.29 is 9.31 Å². The predicted molar refractivity (Wildman–Crippen MR) is 71.4 cm³/mol. The minimum Gasteiger partial charge on any atom is -0.294 e. The summed E-state index contributed by atoms with van der Waals surface area (Å²) in [4.78, 5) is 12.2. The molecule has 1 aromatic rings. The number of nitrogens with zero attached hydrogens (tertiary/aromatic N) is 2. The third-order valence-electron chi connectivity index (χ3n) is 3.95. The first-order valence-corrected chi connectivity index (χ1v) is 6.67. The molecule has 1 aliphatic rings.